The van der Waals surface area contributed by atoms with Crippen molar-refractivity contribution in [2.75, 3.05) is 19.0 Å². The second kappa shape index (κ2) is 8.24. The van der Waals surface area contributed by atoms with Crippen LogP contribution in [-0.2, 0) is 9.53 Å². The van der Waals surface area contributed by atoms with E-state index >= 15 is 0 Å². The molecule has 0 saturated heterocycles. The predicted octanol–water partition coefficient (Wildman–Crippen LogP) is 4.45. The van der Waals surface area contributed by atoms with Gasteiger partial charge in [0.2, 0.25) is 0 Å². The van der Waals surface area contributed by atoms with Gasteiger partial charge in [-0.3, -0.25) is 4.79 Å². The predicted molar refractivity (Wildman–Crippen MR) is 93.4 cm³/mol. The van der Waals surface area contributed by atoms with Gasteiger partial charge in [-0.05, 0) is 30.3 Å². The summed E-state index contributed by atoms with van der Waals surface area (Å²) in [5, 5.41) is 3.22. The van der Waals surface area contributed by atoms with E-state index in [2.05, 4.69) is 5.32 Å². The van der Waals surface area contributed by atoms with Gasteiger partial charge in [0.15, 0.2) is 6.61 Å². The van der Waals surface area contributed by atoms with Crippen LogP contribution < -0.4 is 10.1 Å². The van der Waals surface area contributed by atoms with E-state index in [9.17, 15) is 9.59 Å². The van der Waals surface area contributed by atoms with Crippen molar-refractivity contribution in [2.45, 2.75) is 0 Å². The quantitative estimate of drug-likeness (QED) is 0.607. The number of amides is 1. The SMILES string of the molecule is COc1cccc(C(=O)OCC(=O)Nc2cc(Cl)c(Cl)cc2Cl)c1. The molecular formula is C16H12Cl3NO4. The van der Waals surface area contributed by atoms with Crippen molar-refractivity contribution in [2.24, 2.45) is 0 Å². The van der Waals surface area contributed by atoms with Gasteiger partial charge < -0.3 is 14.8 Å². The molecule has 0 aliphatic heterocycles. The average Bonchev–Trinajstić information content (AvgIpc) is 2.57. The highest BCUT2D eigenvalue weighted by atomic mass is 35.5. The molecule has 0 aliphatic carbocycles. The molecule has 2 aromatic rings. The van der Waals surface area contributed by atoms with Crippen LogP contribution in [0.3, 0.4) is 0 Å². The van der Waals surface area contributed by atoms with Gasteiger partial charge in [-0.2, -0.15) is 0 Å². The van der Waals surface area contributed by atoms with Crippen molar-refractivity contribution < 1.29 is 19.1 Å². The van der Waals surface area contributed by atoms with Gasteiger partial charge in [-0.25, -0.2) is 4.79 Å². The second-order valence-corrected chi connectivity index (χ2v) is 5.82. The van der Waals surface area contributed by atoms with E-state index in [0.717, 1.165) is 0 Å². The Morgan fingerprint density at radius 1 is 1.04 bits per heavy atom. The van der Waals surface area contributed by atoms with Crippen LogP contribution in [0.4, 0.5) is 5.69 Å². The summed E-state index contributed by atoms with van der Waals surface area (Å²) in [5.74, 6) is -0.702. The summed E-state index contributed by atoms with van der Waals surface area (Å²) in [4.78, 5) is 23.8. The maximum atomic E-state index is 11.9. The first-order valence-electron chi connectivity index (χ1n) is 6.66. The zero-order valence-electron chi connectivity index (χ0n) is 12.4. The topological polar surface area (TPSA) is 64.6 Å². The smallest absolute Gasteiger partial charge is 0.338 e. The molecule has 0 aromatic heterocycles. The van der Waals surface area contributed by atoms with Gasteiger partial charge in [0.1, 0.15) is 5.75 Å². The minimum atomic E-state index is -0.649. The Kier molecular flexibility index (Phi) is 6.31. The zero-order chi connectivity index (χ0) is 17.7. The molecule has 1 amide bonds. The van der Waals surface area contributed by atoms with Gasteiger partial charge in [-0.15, -0.1) is 0 Å². The normalized spacial score (nSPS) is 10.2. The first kappa shape index (κ1) is 18.4. The molecule has 0 saturated carbocycles. The monoisotopic (exact) mass is 387 g/mol. The molecule has 0 heterocycles. The van der Waals surface area contributed by atoms with Crippen molar-refractivity contribution in [3.8, 4) is 5.75 Å². The third kappa shape index (κ3) is 4.77. The number of benzene rings is 2. The molecule has 5 nitrogen and oxygen atoms in total. The van der Waals surface area contributed by atoms with Crippen molar-refractivity contribution in [1.29, 1.82) is 0 Å². The number of anilines is 1. The number of esters is 1. The van der Waals surface area contributed by atoms with Crippen molar-refractivity contribution >= 4 is 52.4 Å². The first-order chi connectivity index (χ1) is 11.4. The number of carbonyl (C=O) groups excluding carboxylic acids is 2. The van der Waals surface area contributed by atoms with E-state index in [4.69, 9.17) is 44.3 Å². The lowest BCUT2D eigenvalue weighted by Gasteiger charge is -2.09. The van der Waals surface area contributed by atoms with Crippen LogP contribution in [0.2, 0.25) is 15.1 Å². The highest BCUT2D eigenvalue weighted by molar-refractivity contribution is 6.44. The standard InChI is InChI=1S/C16H12Cl3NO4/c1-23-10-4-2-3-9(5-10)16(22)24-8-15(21)20-14-7-12(18)11(17)6-13(14)19/h2-7H,8H2,1H3,(H,20,21). The largest absolute Gasteiger partial charge is 0.497 e. The molecule has 1 N–H and O–H groups in total. The molecule has 2 rings (SSSR count). The van der Waals surface area contributed by atoms with E-state index < -0.39 is 18.5 Å². The summed E-state index contributed by atoms with van der Waals surface area (Å²) in [6, 6.07) is 9.22. The Morgan fingerprint density at radius 2 is 1.75 bits per heavy atom. The van der Waals surface area contributed by atoms with E-state index in [1.807, 2.05) is 0 Å². The van der Waals surface area contributed by atoms with Crippen LogP contribution in [0.1, 0.15) is 10.4 Å². The van der Waals surface area contributed by atoms with E-state index in [0.29, 0.717) is 5.75 Å². The molecule has 126 valence electrons. The molecule has 2 aromatic carbocycles. The molecule has 0 fully saturated rings. The molecule has 0 radical (unpaired) electrons. The van der Waals surface area contributed by atoms with Gasteiger partial charge in [-0.1, -0.05) is 40.9 Å². The lowest BCUT2D eigenvalue weighted by atomic mass is 10.2. The Morgan fingerprint density at radius 3 is 2.46 bits per heavy atom. The van der Waals surface area contributed by atoms with Gasteiger partial charge in [0.05, 0.1) is 33.4 Å². The number of carbonyl (C=O) groups is 2. The summed E-state index contributed by atoms with van der Waals surface area (Å²) in [7, 11) is 1.49. The molecule has 8 heteroatoms. The van der Waals surface area contributed by atoms with Crippen LogP contribution in [0.5, 0.6) is 5.75 Å². The summed E-state index contributed by atoms with van der Waals surface area (Å²) in [6.07, 6.45) is 0. The summed E-state index contributed by atoms with van der Waals surface area (Å²) in [6.45, 7) is -0.480. The fourth-order valence-corrected chi connectivity index (χ4v) is 2.36. The fraction of sp³-hybridized carbons (Fsp3) is 0.125. The molecule has 0 bridgehead atoms. The third-order valence-corrected chi connectivity index (χ3v) is 3.96. The minimum absolute atomic E-state index is 0.219. The van der Waals surface area contributed by atoms with Crippen LogP contribution in [0, 0.1) is 0 Å². The Bertz CT molecular complexity index is 780. The molecule has 0 aliphatic rings. The Balaban J connectivity index is 1.95. The number of hydrogen-bond donors (Lipinski definition) is 1. The maximum Gasteiger partial charge on any atom is 0.338 e. The fourth-order valence-electron chi connectivity index (χ4n) is 1.77. The average molecular weight is 389 g/mol. The van der Waals surface area contributed by atoms with Gasteiger partial charge in [0, 0.05) is 0 Å². The summed E-state index contributed by atoms with van der Waals surface area (Å²) >= 11 is 17.6. The van der Waals surface area contributed by atoms with Crippen molar-refractivity contribution in [3.05, 3.63) is 57.0 Å². The van der Waals surface area contributed by atoms with E-state index in [1.54, 1.807) is 18.2 Å². The third-order valence-electron chi connectivity index (χ3n) is 2.92. The molecular weight excluding hydrogens is 377 g/mol. The number of rotatable bonds is 5. The van der Waals surface area contributed by atoms with Crippen LogP contribution in [0.25, 0.3) is 0 Å². The number of methoxy groups -OCH3 is 1. The van der Waals surface area contributed by atoms with Gasteiger partial charge >= 0.3 is 5.97 Å². The maximum absolute atomic E-state index is 11.9. The lowest BCUT2D eigenvalue weighted by molar-refractivity contribution is -0.119. The number of ether oxygens (including phenoxy) is 2. The molecule has 0 atom stereocenters. The number of nitrogens with one attached hydrogen (secondary N) is 1. The summed E-state index contributed by atoms with van der Waals surface area (Å²) in [5.41, 5.74) is 0.545. The lowest BCUT2D eigenvalue weighted by Crippen LogP contribution is -2.21. The Hall–Kier alpha value is -1.95. The van der Waals surface area contributed by atoms with Crippen molar-refractivity contribution in [3.63, 3.8) is 0 Å². The zero-order valence-corrected chi connectivity index (χ0v) is 14.7. The van der Waals surface area contributed by atoms with E-state index in [-0.39, 0.29) is 26.3 Å². The first-order valence-corrected chi connectivity index (χ1v) is 7.79. The second-order valence-electron chi connectivity index (χ2n) is 4.60. The van der Waals surface area contributed by atoms with Crippen molar-refractivity contribution in [1.82, 2.24) is 0 Å². The number of halogens is 3. The highest BCUT2D eigenvalue weighted by Gasteiger charge is 2.13. The summed E-state index contributed by atoms with van der Waals surface area (Å²) < 4.78 is 9.97. The minimum Gasteiger partial charge on any atom is -0.497 e. The molecule has 0 spiro atoms. The van der Waals surface area contributed by atoms with Crippen LogP contribution >= 0.6 is 34.8 Å². The van der Waals surface area contributed by atoms with E-state index in [1.165, 1.54) is 25.3 Å². The molecule has 0 unspecified atom stereocenters. The van der Waals surface area contributed by atoms with Crippen LogP contribution in [0.15, 0.2) is 36.4 Å². The highest BCUT2D eigenvalue weighted by Crippen LogP contribution is 2.32. The van der Waals surface area contributed by atoms with Crippen LogP contribution in [-0.4, -0.2) is 25.6 Å². The number of hydrogen-bond acceptors (Lipinski definition) is 4. The Labute approximate surface area is 153 Å². The van der Waals surface area contributed by atoms with Gasteiger partial charge in [0.25, 0.3) is 5.91 Å². The molecule has 24 heavy (non-hydrogen) atoms.